The minimum absolute atomic E-state index is 0.793. The van der Waals surface area contributed by atoms with Gasteiger partial charge in [-0.1, -0.05) is 35.6 Å². The molecule has 0 saturated carbocycles. The molecule has 0 saturated heterocycles. The summed E-state index contributed by atoms with van der Waals surface area (Å²) in [6.07, 6.45) is 0.793. The molecule has 3 heteroatoms. The van der Waals surface area contributed by atoms with Crippen molar-refractivity contribution in [1.29, 1.82) is 0 Å². The van der Waals surface area contributed by atoms with Crippen molar-refractivity contribution in [2.45, 2.75) is 6.42 Å². The molecule has 0 aromatic carbocycles. The van der Waals surface area contributed by atoms with E-state index < -0.39 is 0 Å². The van der Waals surface area contributed by atoms with E-state index in [0.29, 0.717) is 0 Å². The zero-order valence-electron chi connectivity index (χ0n) is 3.48. The maximum absolute atomic E-state index is 5.56. The number of thiocarbonyl (C=S) groups is 1. The van der Waals surface area contributed by atoms with E-state index in [1.165, 1.54) is 0 Å². The Morgan fingerprint density at radius 3 is 2.71 bits per heavy atom. The molecule has 38 valence electrons. The molecule has 0 aromatic heterocycles. The van der Waals surface area contributed by atoms with Crippen LogP contribution in [0.1, 0.15) is 6.42 Å². The predicted octanol–water partition coefficient (Wildman–Crippen LogP) is 2.53. The molecule has 0 N–H and O–H groups in total. The first-order valence-corrected chi connectivity index (χ1v) is 3.49. The first kappa shape index (κ1) is 5.60. The SMILES string of the molecule is S=C1CC(Cl)=CS1. The molecule has 0 bridgehead atoms. The summed E-state index contributed by atoms with van der Waals surface area (Å²) >= 11 is 11.9. The normalized spacial score (nSPS) is 20.1. The van der Waals surface area contributed by atoms with Crippen molar-refractivity contribution >= 4 is 39.8 Å². The van der Waals surface area contributed by atoms with E-state index in [4.69, 9.17) is 23.8 Å². The molecule has 1 heterocycles. The Balaban J connectivity index is 2.58. The molecule has 1 aliphatic heterocycles. The summed E-state index contributed by atoms with van der Waals surface area (Å²) in [6, 6.07) is 0. The summed E-state index contributed by atoms with van der Waals surface area (Å²) in [5, 5.41) is 2.75. The fourth-order valence-electron chi connectivity index (χ4n) is 0.351. The van der Waals surface area contributed by atoms with E-state index in [1.54, 1.807) is 11.8 Å². The molecule has 0 unspecified atom stereocenters. The van der Waals surface area contributed by atoms with Crippen molar-refractivity contribution in [3.8, 4) is 0 Å². The molecule has 0 fully saturated rings. The number of thioether (sulfide) groups is 1. The van der Waals surface area contributed by atoms with Crippen LogP contribution < -0.4 is 0 Å². The van der Waals surface area contributed by atoms with Crippen molar-refractivity contribution in [3.63, 3.8) is 0 Å². The van der Waals surface area contributed by atoms with E-state index in [-0.39, 0.29) is 0 Å². The fourth-order valence-corrected chi connectivity index (χ4v) is 1.66. The van der Waals surface area contributed by atoms with Gasteiger partial charge in [0.1, 0.15) is 0 Å². The van der Waals surface area contributed by atoms with Crippen LogP contribution in [-0.4, -0.2) is 4.20 Å². The number of allylic oxidation sites excluding steroid dienone is 1. The van der Waals surface area contributed by atoms with Gasteiger partial charge in [0.15, 0.2) is 0 Å². The molecule has 0 radical (unpaired) electrons. The molecule has 0 nitrogen and oxygen atoms in total. The van der Waals surface area contributed by atoms with E-state index in [2.05, 4.69) is 0 Å². The minimum atomic E-state index is 0.793. The predicted molar refractivity (Wildman–Crippen MR) is 38.7 cm³/mol. The van der Waals surface area contributed by atoms with Crippen molar-refractivity contribution in [2.75, 3.05) is 0 Å². The summed E-state index contributed by atoms with van der Waals surface area (Å²) in [5.41, 5.74) is 0. The molecule has 0 aromatic rings. The Hall–Kier alpha value is 0.470. The standard InChI is InChI=1S/C4H3ClS2/c5-3-1-4(6)7-2-3/h2H,1H2. The van der Waals surface area contributed by atoms with Crippen LogP contribution in [0.2, 0.25) is 0 Å². The highest BCUT2D eigenvalue weighted by Gasteiger charge is 2.05. The maximum atomic E-state index is 5.56. The summed E-state index contributed by atoms with van der Waals surface area (Å²) in [5.74, 6) is 0. The zero-order valence-corrected chi connectivity index (χ0v) is 5.87. The monoisotopic (exact) mass is 150 g/mol. The second kappa shape index (κ2) is 2.16. The van der Waals surface area contributed by atoms with Gasteiger partial charge in [0.2, 0.25) is 0 Å². The highest BCUT2D eigenvalue weighted by Crippen LogP contribution is 2.27. The summed E-state index contributed by atoms with van der Waals surface area (Å²) < 4.78 is 0.977. The lowest BCUT2D eigenvalue weighted by molar-refractivity contribution is 1.54. The molecule has 7 heavy (non-hydrogen) atoms. The minimum Gasteiger partial charge on any atom is -0.0891 e. The van der Waals surface area contributed by atoms with Gasteiger partial charge in [0.25, 0.3) is 0 Å². The first-order chi connectivity index (χ1) is 3.29. The van der Waals surface area contributed by atoms with Crippen molar-refractivity contribution in [3.05, 3.63) is 10.4 Å². The van der Waals surface area contributed by atoms with Gasteiger partial charge in [-0.25, -0.2) is 0 Å². The van der Waals surface area contributed by atoms with Gasteiger partial charge in [-0.3, -0.25) is 0 Å². The van der Waals surface area contributed by atoms with Crippen molar-refractivity contribution in [1.82, 2.24) is 0 Å². The largest absolute Gasteiger partial charge is 0.0891 e. The van der Waals surface area contributed by atoms with E-state index in [0.717, 1.165) is 15.6 Å². The Morgan fingerprint density at radius 2 is 2.57 bits per heavy atom. The van der Waals surface area contributed by atoms with Gasteiger partial charge in [0, 0.05) is 11.5 Å². The average molecular weight is 151 g/mol. The highest BCUT2D eigenvalue weighted by atomic mass is 35.5. The lowest BCUT2D eigenvalue weighted by atomic mass is 10.5. The van der Waals surface area contributed by atoms with Gasteiger partial charge < -0.3 is 0 Å². The van der Waals surface area contributed by atoms with Crippen LogP contribution in [0, 0.1) is 0 Å². The molecule has 1 aliphatic rings. The Labute approximate surface area is 56.9 Å². The smallest absolute Gasteiger partial charge is 0.0574 e. The van der Waals surface area contributed by atoms with E-state index >= 15 is 0 Å². The Kier molecular flexibility index (Phi) is 1.73. The van der Waals surface area contributed by atoms with Crippen LogP contribution in [0.3, 0.4) is 0 Å². The summed E-state index contributed by atoms with van der Waals surface area (Å²) in [6.45, 7) is 0. The molecule has 1 rings (SSSR count). The quantitative estimate of drug-likeness (QED) is 0.487. The summed E-state index contributed by atoms with van der Waals surface area (Å²) in [7, 11) is 0. The van der Waals surface area contributed by atoms with Gasteiger partial charge in [-0.2, -0.15) is 0 Å². The van der Waals surface area contributed by atoms with Crippen molar-refractivity contribution < 1.29 is 0 Å². The van der Waals surface area contributed by atoms with Crippen LogP contribution in [0.5, 0.6) is 0 Å². The molecule has 0 atom stereocenters. The topological polar surface area (TPSA) is 0 Å². The van der Waals surface area contributed by atoms with Gasteiger partial charge in [-0.15, -0.1) is 0 Å². The van der Waals surface area contributed by atoms with Crippen LogP contribution >= 0.6 is 35.6 Å². The van der Waals surface area contributed by atoms with E-state index in [9.17, 15) is 0 Å². The van der Waals surface area contributed by atoms with Crippen molar-refractivity contribution in [2.24, 2.45) is 0 Å². The highest BCUT2D eigenvalue weighted by molar-refractivity contribution is 8.25. The third-order valence-corrected chi connectivity index (χ3v) is 2.25. The average Bonchev–Trinajstić information content (AvgIpc) is 1.87. The van der Waals surface area contributed by atoms with Gasteiger partial charge in [-0.05, 0) is 5.41 Å². The molecular formula is C4H3ClS2. The van der Waals surface area contributed by atoms with Crippen LogP contribution in [0.15, 0.2) is 10.4 Å². The van der Waals surface area contributed by atoms with E-state index in [1.807, 2.05) is 5.41 Å². The molecule has 0 amide bonds. The lowest BCUT2D eigenvalue weighted by Crippen LogP contribution is -1.74. The molecule has 0 spiro atoms. The van der Waals surface area contributed by atoms with Crippen LogP contribution in [0.4, 0.5) is 0 Å². The number of rotatable bonds is 0. The first-order valence-electron chi connectivity index (χ1n) is 1.83. The number of halogens is 1. The second-order valence-electron chi connectivity index (χ2n) is 1.23. The Morgan fingerprint density at radius 1 is 1.86 bits per heavy atom. The fraction of sp³-hybridized carbons (Fsp3) is 0.250. The number of hydrogen-bond donors (Lipinski definition) is 0. The van der Waals surface area contributed by atoms with Gasteiger partial charge in [0.05, 0.1) is 4.20 Å². The molecular weight excluding hydrogens is 148 g/mol. The third kappa shape index (κ3) is 1.44. The molecule has 0 aliphatic carbocycles. The maximum Gasteiger partial charge on any atom is 0.0574 e. The second-order valence-corrected chi connectivity index (χ2v) is 3.43. The Bertz CT molecular complexity index is 128. The van der Waals surface area contributed by atoms with Gasteiger partial charge >= 0.3 is 0 Å². The zero-order chi connectivity index (χ0) is 5.28. The lowest BCUT2D eigenvalue weighted by Gasteiger charge is -1.80. The summed E-state index contributed by atoms with van der Waals surface area (Å²) in [4.78, 5) is 0. The number of hydrogen-bond acceptors (Lipinski definition) is 2. The van der Waals surface area contributed by atoms with Crippen LogP contribution in [-0.2, 0) is 0 Å². The third-order valence-electron chi connectivity index (χ3n) is 0.631. The van der Waals surface area contributed by atoms with Crippen LogP contribution in [0.25, 0.3) is 0 Å².